The summed E-state index contributed by atoms with van der Waals surface area (Å²) in [6.07, 6.45) is 0.0460. The Morgan fingerprint density at radius 1 is 1.03 bits per heavy atom. The molecule has 0 aliphatic carbocycles. The van der Waals surface area contributed by atoms with Crippen LogP contribution < -0.4 is 24.0 Å². The van der Waals surface area contributed by atoms with Crippen molar-refractivity contribution in [3.63, 3.8) is 0 Å². The van der Waals surface area contributed by atoms with E-state index in [0.717, 1.165) is 0 Å². The van der Waals surface area contributed by atoms with Gasteiger partial charge in [0, 0.05) is 11.1 Å². The standard InChI is InChI=1S/C21H19NO5S.Li/c1-22-15-12-16(28(26,27)14-10-6-3-7-11-14)19(22)18(21(24)25)17(20(15)23)13-8-4-2-5-9-13;/h2-11,15-16,19H,12H2,1H3,(H,24,25);/q;+1/p-1. The Bertz CT molecular complexity index is 1080. The average Bonchev–Trinajstić information content (AvgIpc) is 2.96. The summed E-state index contributed by atoms with van der Waals surface area (Å²) < 4.78 is 26.5. The van der Waals surface area contributed by atoms with Crippen LogP contribution in [0.5, 0.6) is 0 Å². The summed E-state index contributed by atoms with van der Waals surface area (Å²) in [6, 6.07) is 14.8. The van der Waals surface area contributed by atoms with Crippen molar-refractivity contribution in [1.29, 1.82) is 0 Å². The molecule has 2 aromatic carbocycles. The summed E-state index contributed by atoms with van der Waals surface area (Å²) in [5.74, 6) is -1.90. The number of hydrogen-bond donors (Lipinski definition) is 0. The molecule has 2 aliphatic heterocycles. The summed E-state index contributed by atoms with van der Waals surface area (Å²) >= 11 is 0. The summed E-state index contributed by atoms with van der Waals surface area (Å²) in [4.78, 5) is 26.9. The van der Waals surface area contributed by atoms with Crippen molar-refractivity contribution in [3.8, 4) is 0 Å². The van der Waals surface area contributed by atoms with Gasteiger partial charge in [0.1, 0.15) is 0 Å². The van der Waals surface area contributed by atoms with Crippen LogP contribution in [0.1, 0.15) is 12.0 Å². The number of hydrogen-bond acceptors (Lipinski definition) is 6. The van der Waals surface area contributed by atoms with E-state index in [-0.39, 0.29) is 47.1 Å². The minimum atomic E-state index is -3.84. The summed E-state index contributed by atoms with van der Waals surface area (Å²) in [5.41, 5.74) is 0.268. The van der Waals surface area contributed by atoms with Crippen molar-refractivity contribution in [3.05, 3.63) is 71.8 Å². The van der Waals surface area contributed by atoms with Crippen LogP contribution in [0, 0.1) is 0 Å². The summed E-state index contributed by atoms with van der Waals surface area (Å²) in [6.45, 7) is 0. The number of benzene rings is 2. The molecule has 0 aromatic heterocycles. The smallest absolute Gasteiger partial charge is 0.545 e. The fraction of sp³-hybridized carbons (Fsp3) is 0.238. The Labute approximate surface area is 181 Å². The van der Waals surface area contributed by atoms with Gasteiger partial charge in [0.05, 0.1) is 28.2 Å². The van der Waals surface area contributed by atoms with Crippen molar-refractivity contribution in [1.82, 2.24) is 4.90 Å². The molecule has 2 aliphatic rings. The normalized spacial score (nSPS) is 24.3. The molecule has 0 radical (unpaired) electrons. The van der Waals surface area contributed by atoms with Crippen LogP contribution in [0.4, 0.5) is 0 Å². The molecule has 1 fully saturated rings. The van der Waals surface area contributed by atoms with Gasteiger partial charge in [-0.15, -0.1) is 0 Å². The van der Waals surface area contributed by atoms with E-state index in [2.05, 4.69) is 0 Å². The van der Waals surface area contributed by atoms with Crippen LogP contribution in [0.3, 0.4) is 0 Å². The molecule has 29 heavy (non-hydrogen) atoms. The Hall–Kier alpha value is -2.17. The molecule has 2 aromatic rings. The molecule has 3 atom stereocenters. The minimum Gasteiger partial charge on any atom is -0.545 e. The quantitative estimate of drug-likeness (QED) is 0.533. The third kappa shape index (κ3) is 3.38. The molecule has 8 heteroatoms. The number of carboxylic acids is 1. The van der Waals surface area contributed by atoms with E-state index in [1.807, 2.05) is 0 Å². The maximum absolute atomic E-state index is 13.3. The topological polar surface area (TPSA) is 94.6 Å². The van der Waals surface area contributed by atoms with Crippen molar-refractivity contribution < 1.29 is 42.0 Å². The van der Waals surface area contributed by atoms with Gasteiger partial charge in [-0.1, -0.05) is 48.5 Å². The summed E-state index contributed by atoms with van der Waals surface area (Å²) in [7, 11) is -2.24. The first-order valence-electron chi connectivity index (χ1n) is 8.90. The Morgan fingerprint density at radius 3 is 2.14 bits per heavy atom. The fourth-order valence-electron chi connectivity index (χ4n) is 4.31. The number of carboxylic acid groups (broad SMARTS) is 1. The van der Waals surface area contributed by atoms with Gasteiger partial charge in [0.2, 0.25) is 0 Å². The molecule has 1 saturated heterocycles. The molecular weight excluding hydrogens is 385 g/mol. The molecule has 4 rings (SSSR count). The van der Waals surface area contributed by atoms with Crippen molar-refractivity contribution >= 4 is 27.2 Å². The van der Waals surface area contributed by atoms with Crippen molar-refractivity contribution in [2.75, 3.05) is 7.05 Å². The van der Waals surface area contributed by atoms with Gasteiger partial charge in [-0.05, 0) is 31.2 Å². The summed E-state index contributed by atoms with van der Waals surface area (Å²) in [5, 5.41) is 11.0. The van der Waals surface area contributed by atoms with E-state index < -0.39 is 33.1 Å². The van der Waals surface area contributed by atoms with Crippen LogP contribution in [-0.2, 0) is 19.4 Å². The predicted octanol–water partition coefficient (Wildman–Crippen LogP) is -2.31. The van der Waals surface area contributed by atoms with E-state index >= 15 is 0 Å². The number of rotatable bonds is 4. The van der Waals surface area contributed by atoms with E-state index in [4.69, 9.17) is 0 Å². The number of sulfone groups is 1. The largest absolute Gasteiger partial charge is 1.00 e. The number of carbonyl (C=O) groups excluding carboxylic acids is 2. The maximum atomic E-state index is 13.3. The number of ketones is 1. The number of carbonyl (C=O) groups is 2. The number of fused-ring (bicyclic) bond motifs is 2. The SMILES string of the molecule is CN1C2CC(S(=O)(=O)c3ccccc3)C1C(C(=O)[O-])=C(c1ccccc1)C2=O.[Li+]. The van der Waals surface area contributed by atoms with E-state index in [1.165, 1.54) is 12.1 Å². The zero-order chi connectivity index (χ0) is 20.1. The van der Waals surface area contributed by atoms with Gasteiger partial charge in [0.25, 0.3) is 0 Å². The van der Waals surface area contributed by atoms with Gasteiger partial charge in [-0.2, -0.15) is 0 Å². The van der Waals surface area contributed by atoms with E-state index in [1.54, 1.807) is 60.5 Å². The van der Waals surface area contributed by atoms with Crippen molar-refractivity contribution in [2.45, 2.75) is 28.6 Å². The first kappa shape index (κ1) is 21.5. The molecule has 0 saturated carbocycles. The fourth-order valence-corrected chi connectivity index (χ4v) is 6.30. The van der Waals surface area contributed by atoms with Crippen LogP contribution >= 0.6 is 0 Å². The van der Waals surface area contributed by atoms with Gasteiger partial charge in [-0.25, -0.2) is 8.42 Å². The Morgan fingerprint density at radius 2 is 1.59 bits per heavy atom. The minimum absolute atomic E-state index is 0. The molecule has 2 bridgehead atoms. The molecule has 2 heterocycles. The first-order chi connectivity index (χ1) is 13.3. The Kier molecular flexibility index (Phi) is 5.88. The van der Waals surface area contributed by atoms with E-state index in [9.17, 15) is 23.1 Å². The van der Waals surface area contributed by atoms with Gasteiger partial charge in [0.15, 0.2) is 15.6 Å². The van der Waals surface area contributed by atoms with Gasteiger partial charge < -0.3 is 9.90 Å². The molecule has 144 valence electrons. The number of aliphatic carboxylic acids is 1. The molecule has 6 nitrogen and oxygen atoms in total. The molecule has 3 unspecified atom stereocenters. The number of Topliss-reactive ketones (excluding diaryl/α,β-unsaturated/α-hetero) is 1. The first-order valence-corrected chi connectivity index (χ1v) is 10.4. The predicted molar refractivity (Wildman–Crippen MR) is 101 cm³/mol. The molecule has 0 amide bonds. The van der Waals surface area contributed by atoms with E-state index in [0.29, 0.717) is 5.56 Å². The molecule has 0 N–H and O–H groups in total. The average molecular weight is 403 g/mol. The van der Waals surface area contributed by atoms with Crippen LogP contribution in [0.25, 0.3) is 5.57 Å². The van der Waals surface area contributed by atoms with Crippen molar-refractivity contribution in [2.24, 2.45) is 0 Å². The molecular formula is C21H18LiNO5S. The third-order valence-corrected chi connectivity index (χ3v) is 7.78. The second kappa shape index (κ2) is 7.92. The number of likely N-dealkylation sites (N-methyl/N-ethyl adjacent to an activating group) is 1. The molecule has 0 spiro atoms. The van der Waals surface area contributed by atoms with Gasteiger partial charge in [-0.3, -0.25) is 9.69 Å². The zero-order valence-electron chi connectivity index (χ0n) is 16.1. The number of nitrogens with zero attached hydrogens (tertiary/aromatic N) is 1. The monoisotopic (exact) mass is 403 g/mol. The van der Waals surface area contributed by atoms with Crippen LogP contribution in [0.15, 0.2) is 71.1 Å². The third-order valence-electron chi connectivity index (χ3n) is 5.60. The zero-order valence-corrected chi connectivity index (χ0v) is 16.9. The van der Waals surface area contributed by atoms with Gasteiger partial charge >= 0.3 is 18.9 Å². The second-order valence-electron chi connectivity index (χ2n) is 7.06. The maximum Gasteiger partial charge on any atom is 1.00 e. The Balaban J connectivity index is 0.00000240. The van der Waals surface area contributed by atoms with Crippen LogP contribution in [0.2, 0.25) is 0 Å². The second-order valence-corrected chi connectivity index (χ2v) is 9.23. The van der Waals surface area contributed by atoms with Crippen LogP contribution in [-0.4, -0.2) is 49.5 Å².